The fraction of sp³-hybridized carbons (Fsp3) is 0.407. The Balaban J connectivity index is 0.00000101. The molecule has 0 amide bonds. The maximum absolute atomic E-state index is 12.8. The summed E-state index contributed by atoms with van der Waals surface area (Å²) in [6, 6.07) is 16.8. The van der Waals surface area contributed by atoms with Gasteiger partial charge >= 0.3 is 24.1 Å². The zero-order valence-electron chi connectivity index (χ0n) is 21.7. The maximum Gasteiger partial charge on any atom is 0.490 e. The molecule has 0 radical (unpaired) electrons. The fourth-order valence-electron chi connectivity index (χ4n) is 3.28. The van der Waals surface area contributed by atoms with E-state index in [1.165, 1.54) is 0 Å². The standard InChI is InChI=1S/C25H33N3O5.C2HF3O2/c26-15-14-20(24(30)32-16-18-8-3-1-4-9-18)23(29)21(27)12-7-13-22(28)25(31)33-17-19-10-5-2-6-11-19;3-2(4,5)1(6)7/h1-6,8-11,20-22H,7,12-17,26-28H2;(H,6,7)/t20?,21-,22?;/m0./s1. The molecule has 10 nitrogen and oxygen atoms in total. The van der Waals surface area contributed by atoms with Crippen LogP contribution >= 0.6 is 0 Å². The van der Waals surface area contributed by atoms with Crippen LogP contribution in [0.4, 0.5) is 13.2 Å². The van der Waals surface area contributed by atoms with E-state index in [2.05, 4.69) is 0 Å². The van der Waals surface area contributed by atoms with E-state index >= 15 is 0 Å². The van der Waals surface area contributed by atoms with Crippen LogP contribution in [-0.4, -0.2) is 53.6 Å². The number of hydrogen-bond donors (Lipinski definition) is 4. The second-order valence-electron chi connectivity index (χ2n) is 8.67. The average Bonchev–Trinajstić information content (AvgIpc) is 2.93. The SMILES string of the molecule is NCCC(C(=O)OCc1ccccc1)C(=O)[C@@H](N)CCCC(N)C(=O)OCc1ccccc1.O=C(O)C(F)(F)F. The number of aliphatic carboxylic acids is 1. The third-order valence-corrected chi connectivity index (χ3v) is 5.47. The topological polar surface area (TPSA) is 185 Å². The molecule has 13 heteroatoms. The molecule has 3 atom stereocenters. The first kappa shape index (κ1) is 34.2. The van der Waals surface area contributed by atoms with Crippen LogP contribution in [0.3, 0.4) is 0 Å². The fourth-order valence-corrected chi connectivity index (χ4v) is 3.28. The van der Waals surface area contributed by atoms with E-state index in [0.717, 1.165) is 11.1 Å². The molecule has 40 heavy (non-hydrogen) atoms. The minimum atomic E-state index is -5.08. The summed E-state index contributed by atoms with van der Waals surface area (Å²) in [5.41, 5.74) is 19.2. The van der Waals surface area contributed by atoms with Crippen LogP contribution in [0.5, 0.6) is 0 Å². The Morgan fingerprint density at radius 2 is 1.18 bits per heavy atom. The summed E-state index contributed by atoms with van der Waals surface area (Å²) < 4.78 is 42.3. The van der Waals surface area contributed by atoms with E-state index in [4.69, 9.17) is 36.6 Å². The largest absolute Gasteiger partial charge is 0.490 e. The van der Waals surface area contributed by atoms with Crippen molar-refractivity contribution in [3.05, 3.63) is 71.8 Å². The van der Waals surface area contributed by atoms with Gasteiger partial charge in [-0.05, 0) is 43.4 Å². The number of halogens is 3. The predicted octanol–water partition coefficient (Wildman–Crippen LogP) is 2.47. The molecule has 0 aliphatic heterocycles. The maximum atomic E-state index is 12.8. The molecule has 0 saturated heterocycles. The number of rotatable bonds is 14. The van der Waals surface area contributed by atoms with Gasteiger partial charge in [-0.1, -0.05) is 60.7 Å². The Bertz CT molecular complexity index is 1070. The van der Waals surface area contributed by atoms with E-state index in [1.807, 2.05) is 60.7 Å². The van der Waals surface area contributed by atoms with Gasteiger partial charge in [-0.15, -0.1) is 0 Å². The summed E-state index contributed by atoms with van der Waals surface area (Å²) in [6.45, 7) is 0.377. The van der Waals surface area contributed by atoms with Crippen LogP contribution in [0.2, 0.25) is 0 Å². The van der Waals surface area contributed by atoms with Crippen molar-refractivity contribution in [3.8, 4) is 0 Å². The van der Waals surface area contributed by atoms with Crippen LogP contribution in [0.1, 0.15) is 36.8 Å². The van der Waals surface area contributed by atoms with Gasteiger partial charge in [0.15, 0.2) is 5.78 Å². The molecule has 2 aromatic rings. The number of hydrogen-bond acceptors (Lipinski definition) is 9. The van der Waals surface area contributed by atoms with Crippen molar-refractivity contribution in [2.24, 2.45) is 23.1 Å². The molecule has 0 spiro atoms. The van der Waals surface area contributed by atoms with Gasteiger partial charge in [-0.2, -0.15) is 13.2 Å². The second-order valence-corrected chi connectivity index (χ2v) is 8.67. The molecule has 0 aliphatic rings. The molecule has 2 aromatic carbocycles. The monoisotopic (exact) mass is 569 g/mol. The first-order valence-corrected chi connectivity index (χ1v) is 12.3. The van der Waals surface area contributed by atoms with E-state index in [-0.39, 0.29) is 32.6 Å². The number of carbonyl (C=O) groups excluding carboxylic acids is 3. The number of nitrogens with two attached hydrogens (primary N) is 3. The highest BCUT2D eigenvalue weighted by Gasteiger charge is 2.38. The molecular weight excluding hydrogens is 535 g/mol. The number of benzene rings is 2. The Labute approximate surface area is 229 Å². The van der Waals surface area contributed by atoms with E-state index in [9.17, 15) is 27.6 Å². The zero-order chi connectivity index (χ0) is 30.1. The number of ether oxygens (including phenoxy) is 2. The predicted molar refractivity (Wildman–Crippen MR) is 138 cm³/mol. The van der Waals surface area contributed by atoms with Crippen LogP contribution in [0.15, 0.2) is 60.7 Å². The van der Waals surface area contributed by atoms with Crippen LogP contribution in [0, 0.1) is 5.92 Å². The molecular formula is C27H34F3N3O7. The Morgan fingerprint density at radius 1 is 0.750 bits per heavy atom. The summed E-state index contributed by atoms with van der Waals surface area (Å²) in [7, 11) is 0. The third-order valence-electron chi connectivity index (χ3n) is 5.47. The number of esters is 2. The number of carbonyl (C=O) groups is 4. The third kappa shape index (κ3) is 13.3. The van der Waals surface area contributed by atoms with Crippen LogP contribution in [0.25, 0.3) is 0 Å². The van der Waals surface area contributed by atoms with Gasteiger partial charge in [-0.25, -0.2) is 4.79 Å². The minimum Gasteiger partial charge on any atom is -0.475 e. The molecule has 0 aromatic heterocycles. The van der Waals surface area contributed by atoms with E-state index < -0.39 is 47.9 Å². The number of carboxylic acids is 1. The Morgan fingerprint density at radius 3 is 1.60 bits per heavy atom. The highest BCUT2D eigenvalue weighted by atomic mass is 19.4. The average molecular weight is 570 g/mol. The number of Topliss-reactive ketones (excluding diaryl/α,β-unsaturated/α-hetero) is 1. The van der Waals surface area contributed by atoms with Crippen molar-refractivity contribution in [3.63, 3.8) is 0 Å². The number of ketones is 1. The molecule has 0 bridgehead atoms. The lowest BCUT2D eigenvalue weighted by molar-refractivity contribution is -0.192. The van der Waals surface area contributed by atoms with Gasteiger partial charge in [-0.3, -0.25) is 14.4 Å². The first-order valence-electron chi connectivity index (χ1n) is 12.3. The van der Waals surface area contributed by atoms with Gasteiger partial charge in [0.25, 0.3) is 0 Å². The number of carboxylic acid groups (broad SMARTS) is 1. The van der Waals surface area contributed by atoms with Crippen molar-refractivity contribution in [2.75, 3.05) is 6.54 Å². The molecule has 2 rings (SSSR count). The quantitative estimate of drug-likeness (QED) is 0.195. The molecule has 7 N–H and O–H groups in total. The summed E-state index contributed by atoms with van der Waals surface area (Å²) in [5, 5.41) is 7.12. The number of alkyl halides is 3. The van der Waals surface area contributed by atoms with Crippen molar-refractivity contribution < 1.29 is 46.9 Å². The summed E-state index contributed by atoms with van der Waals surface area (Å²) in [6.07, 6.45) is -3.89. The lowest BCUT2D eigenvalue weighted by atomic mass is 9.92. The van der Waals surface area contributed by atoms with Gasteiger partial charge in [0, 0.05) is 0 Å². The molecule has 0 saturated carbocycles. The highest BCUT2D eigenvalue weighted by molar-refractivity contribution is 6.01. The molecule has 0 heterocycles. The van der Waals surface area contributed by atoms with Crippen molar-refractivity contribution in [2.45, 2.75) is 57.2 Å². The molecule has 2 unspecified atom stereocenters. The zero-order valence-corrected chi connectivity index (χ0v) is 21.7. The summed E-state index contributed by atoms with van der Waals surface area (Å²) in [5.74, 6) is -5.33. The smallest absolute Gasteiger partial charge is 0.475 e. The highest BCUT2D eigenvalue weighted by Crippen LogP contribution is 2.15. The Kier molecular flexibility index (Phi) is 15.2. The normalized spacial score (nSPS) is 13.2. The molecule has 0 fully saturated rings. The van der Waals surface area contributed by atoms with E-state index in [1.54, 1.807) is 0 Å². The summed E-state index contributed by atoms with van der Waals surface area (Å²) >= 11 is 0. The second kappa shape index (κ2) is 17.7. The van der Waals surface area contributed by atoms with Gasteiger partial charge < -0.3 is 31.8 Å². The van der Waals surface area contributed by atoms with Gasteiger partial charge in [0.2, 0.25) is 0 Å². The molecule has 0 aliphatic carbocycles. The lowest BCUT2D eigenvalue weighted by Crippen LogP contribution is -2.41. The van der Waals surface area contributed by atoms with Crippen molar-refractivity contribution in [1.29, 1.82) is 0 Å². The Hall–Kier alpha value is -3.81. The van der Waals surface area contributed by atoms with Crippen LogP contribution < -0.4 is 17.2 Å². The van der Waals surface area contributed by atoms with Crippen LogP contribution in [-0.2, 0) is 41.9 Å². The lowest BCUT2D eigenvalue weighted by Gasteiger charge is -2.19. The first-order chi connectivity index (χ1) is 18.9. The summed E-state index contributed by atoms with van der Waals surface area (Å²) in [4.78, 5) is 46.2. The van der Waals surface area contributed by atoms with E-state index in [0.29, 0.717) is 12.8 Å². The van der Waals surface area contributed by atoms with Crippen molar-refractivity contribution in [1.82, 2.24) is 0 Å². The van der Waals surface area contributed by atoms with Gasteiger partial charge in [0.05, 0.1) is 6.04 Å². The minimum absolute atomic E-state index is 0.0726. The molecule has 220 valence electrons. The van der Waals surface area contributed by atoms with Crippen molar-refractivity contribution >= 4 is 23.7 Å². The van der Waals surface area contributed by atoms with Gasteiger partial charge in [0.1, 0.15) is 25.2 Å².